The van der Waals surface area contributed by atoms with Crippen molar-refractivity contribution in [3.63, 3.8) is 0 Å². The van der Waals surface area contributed by atoms with Gasteiger partial charge in [0.2, 0.25) is 0 Å². The van der Waals surface area contributed by atoms with E-state index in [1.165, 1.54) is 12.0 Å². The summed E-state index contributed by atoms with van der Waals surface area (Å²) in [6.07, 6.45) is 0.801. The Kier molecular flexibility index (Phi) is 7.68. The molecule has 7 nitrogen and oxygen atoms in total. The van der Waals surface area contributed by atoms with E-state index >= 15 is 0 Å². The summed E-state index contributed by atoms with van der Waals surface area (Å²) in [5.74, 6) is 0.351. The summed E-state index contributed by atoms with van der Waals surface area (Å²) < 4.78 is 5.27. The normalized spacial score (nSPS) is 10.1. The van der Waals surface area contributed by atoms with E-state index in [4.69, 9.17) is 4.74 Å². The van der Waals surface area contributed by atoms with Gasteiger partial charge in [-0.2, -0.15) is 0 Å². The number of nitrogens with one attached hydrogen (secondary N) is 2. The average molecular weight is 384 g/mol. The van der Waals surface area contributed by atoms with E-state index in [2.05, 4.69) is 27.7 Å². The minimum absolute atomic E-state index is 0.143. The number of amides is 3. The number of rotatable bonds is 8. The third-order valence-corrected chi connectivity index (χ3v) is 4.25. The Bertz CT molecular complexity index is 793. The summed E-state index contributed by atoms with van der Waals surface area (Å²) in [5.41, 5.74) is 2.07. The van der Waals surface area contributed by atoms with Crippen LogP contribution in [0.25, 0.3) is 0 Å². The molecular weight excluding hydrogens is 356 g/mol. The highest BCUT2D eigenvalue weighted by Gasteiger charge is 2.13. The number of hydrogen-bond donors (Lipinski definition) is 2. The first kappa shape index (κ1) is 21.1. The van der Waals surface area contributed by atoms with Gasteiger partial charge < -0.3 is 25.2 Å². The van der Waals surface area contributed by atoms with Crippen LogP contribution < -0.4 is 20.3 Å². The van der Waals surface area contributed by atoms with Gasteiger partial charge in [0.1, 0.15) is 5.75 Å². The van der Waals surface area contributed by atoms with Crippen molar-refractivity contribution >= 4 is 23.3 Å². The Morgan fingerprint density at radius 1 is 1.04 bits per heavy atom. The van der Waals surface area contributed by atoms with Gasteiger partial charge in [-0.25, -0.2) is 4.79 Å². The molecule has 7 heteroatoms. The standard InChI is InChI=1S/C21H28N4O3/c1-24(2)20(26)16-11-12-19(28-4)18(15-16)23-21(27)22-13-8-14-25(3)17-9-6-5-7-10-17/h5-7,9-12,15H,8,13-14H2,1-4H3,(H2,22,23,27). The van der Waals surface area contributed by atoms with Crippen molar-refractivity contribution in [2.24, 2.45) is 0 Å². The highest BCUT2D eigenvalue weighted by atomic mass is 16.5. The van der Waals surface area contributed by atoms with E-state index < -0.39 is 0 Å². The van der Waals surface area contributed by atoms with Crippen molar-refractivity contribution in [1.82, 2.24) is 10.2 Å². The van der Waals surface area contributed by atoms with Crippen molar-refractivity contribution in [2.75, 3.05) is 51.6 Å². The zero-order valence-electron chi connectivity index (χ0n) is 16.9. The Morgan fingerprint density at radius 2 is 1.75 bits per heavy atom. The van der Waals surface area contributed by atoms with E-state index in [0.29, 0.717) is 23.5 Å². The van der Waals surface area contributed by atoms with Crippen LogP contribution in [0.15, 0.2) is 48.5 Å². The maximum Gasteiger partial charge on any atom is 0.319 e. The zero-order valence-corrected chi connectivity index (χ0v) is 16.9. The summed E-state index contributed by atoms with van der Waals surface area (Å²) in [4.78, 5) is 28.0. The van der Waals surface area contributed by atoms with Crippen LogP contribution in [0.5, 0.6) is 5.75 Å². The van der Waals surface area contributed by atoms with Crippen molar-refractivity contribution < 1.29 is 14.3 Å². The highest BCUT2D eigenvalue weighted by Crippen LogP contribution is 2.25. The third-order valence-electron chi connectivity index (χ3n) is 4.25. The molecule has 150 valence electrons. The van der Waals surface area contributed by atoms with Crippen molar-refractivity contribution in [3.05, 3.63) is 54.1 Å². The molecule has 0 atom stereocenters. The largest absolute Gasteiger partial charge is 0.495 e. The quantitative estimate of drug-likeness (QED) is 0.686. The van der Waals surface area contributed by atoms with Gasteiger partial charge >= 0.3 is 6.03 Å². The van der Waals surface area contributed by atoms with E-state index in [0.717, 1.165) is 18.7 Å². The molecule has 0 aliphatic rings. The van der Waals surface area contributed by atoms with Crippen LogP contribution in [0.3, 0.4) is 0 Å². The first-order valence-electron chi connectivity index (χ1n) is 9.13. The van der Waals surface area contributed by atoms with E-state index in [-0.39, 0.29) is 11.9 Å². The number of carbonyl (C=O) groups is 2. The molecule has 0 heterocycles. The number of nitrogens with zero attached hydrogens (tertiary/aromatic N) is 2. The molecule has 0 fully saturated rings. The van der Waals surface area contributed by atoms with Crippen molar-refractivity contribution in [1.29, 1.82) is 0 Å². The van der Waals surface area contributed by atoms with Gasteiger partial charge in [-0.3, -0.25) is 4.79 Å². The Morgan fingerprint density at radius 3 is 2.39 bits per heavy atom. The van der Waals surface area contributed by atoms with Crippen LogP contribution in [0, 0.1) is 0 Å². The number of ether oxygens (including phenoxy) is 1. The topological polar surface area (TPSA) is 73.9 Å². The summed E-state index contributed by atoms with van der Waals surface area (Å²) in [6.45, 7) is 1.35. The molecule has 0 spiro atoms. The predicted molar refractivity (Wildman–Crippen MR) is 112 cm³/mol. The molecule has 2 aromatic rings. The summed E-state index contributed by atoms with van der Waals surface area (Å²) in [5, 5.41) is 5.59. The second kappa shape index (κ2) is 10.2. The maximum absolute atomic E-state index is 12.2. The molecule has 0 radical (unpaired) electrons. The van der Waals surface area contributed by atoms with Crippen LogP contribution in [0.4, 0.5) is 16.2 Å². The number of methoxy groups -OCH3 is 1. The number of para-hydroxylation sites is 1. The van der Waals surface area contributed by atoms with Gasteiger partial charge in [-0.1, -0.05) is 18.2 Å². The van der Waals surface area contributed by atoms with Gasteiger partial charge in [0.25, 0.3) is 5.91 Å². The molecule has 0 aliphatic carbocycles. The Labute approximate surface area is 166 Å². The monoisotopic (exact) mass is 384 g/mol. The molecule has 28 heavy (non-hydrogen) atoms. The lowest BCUT2D eigenvalue weighted by atomic mass is 10.1. The second-order valence-electron chi connectivity index (χ2n) is 6.61. The number of urea groups is 1. The molecule has 0 saturated heterocycles. The molecular formula is C21H28N4O3. The lowest BCUT2D eigenvalue weighted by Crippen LogP contribution is -2.32. The Balaban J connectivity index is 1.86. The number of hydrogen-bond acceptors (Lipinski definition) is 4. The van der Waals surface area contributed by atoms with Crippen molar-refractivity contribution in [2.45, 2.75) is 6.42 Å². The fraction of sp³-hybridized carbons (Fsp3) is 0.333. The van der Waals surface area contributed by atoms with Gasteiger partial charge in [-0.05, 0) is 36.8 Å². The van der Waals surface area contributed by atoms with E-state index in [1.807, 2.05) is 25.2 Å². The summed E-state index contributed by atoms with van der Waals surface area (Å²) >= 11 is 0. The van der Waals surface area contributed by atoms with E-state index in [1.54, 1.807) is 32.3 Å². The zero-order chi connectivity index (χ0) is 20.5. The van der Waals surface area contributed by atoms with Crippen LogP contribution in [0.1, 0.15) is 16.8 Å². The lowest BCUT2D eigenvalue weighted by molar-refractivity contribution is 0.0827. The fourth-order valence-electron chi connectivity index (χ4n) is 2.69. The summed E-state index contributed by atoms with van der Waals surface area (Å²) in [6, 6.07) is 14.7. The lowest BCUT2D eigenvalue weighted by Gasteiger charge is -2.19. The first-order valence-corrected chi connectivity index (χ1v) is 9.13. The Hall–Kier alpha value is -3.22. The maximum atomic E-state index is 12.2. The fourth-order valence-corrected chi connectivity index (χ4v) is 2.69. The average Bonchev–Trinajstić information content (AvgIpc) is 2.71. The molecule has 0 bridgehead atoms. The van der Waals surface area contributed by atoms with Gasteiger partial charge in [0.05, 0.1) is 12.8 Å². The molecule has 2 N–H and O–H groups in total. The van der Waals surface area contributed by atoms with Gasteiger partial charge in [0.15, 0.2) is 0 Å². The van der Waals surface area contributed by atoms with Crippen LogP contribution in [-0.2, 0) is 0 Å². The predicted octanol–water partition coefficient (Wildman–Crippen LogP) is 3.05. The minimum Gasteiger partial charge on any atom is -0.495 e. The summed E-state index contributed by atoms with van der Waals surface area (Å²) in [7, 11) is 6.90. The van der Waals surface area contributed by atoms with Crippen molar-refractivity contribution in [3.8, 4) is 5.75 Å². The highest BCUT2D eigenvalue weighted by molar-refractivity contribution is 5.97. The van der Waals surface area contributed by atoms with Crippen LogP contribution >= 0.6 is 0 Å². The molecule has 2 rings (SSSR count). The van der Waals surface area contributed by atoms with Gasteiger partial charge in [0, 0.05) is 45.5 Å². The molecule has 0 aromatic heterocycles. The SMILES string of the molecule is COc1ccc(C(=O)N(C)C)cc1NC(=O)NCCCN(C)c1ccccc1. The number of anilines is 2. The van der Waals surface area contributed by atoms with Crippen LogP contribution in [0.2, 0.25) is 0 Å². The van der Waals surface area contributed by atoms with Gasteiger partial charge in [-0.15, -0.1) is 0 Å². The van der Waals surface area contributed by atoms with E-state index in [9.17, 15) is 9.59 Å². The van der Waals surface area contributed by atoms with Crippen LogP contribution in [-0.4, -0.2) is 58.2 Å². The minimum atomic E-state index is -0.338. The third kappa shape index (κ3) is 5.90. The number of benzene rings is 2. The molecule has 3 amide bonds. The number of carbonyl (C=O) groups excluding carboxylic acids is 2. The molecule has 2 aromatic carbocycles. The molecule has 0 saturated carbocycles. The second-order valence-corrected chi connectivity index (χ2v) is 6.61. The smallest absolute Gasteiger partial charge is 0.319 e. The molecule has 0 aliphatic heterocycles. The first-order chi connectivity index (χ1) is 13.4. The molecule has 0 unspecified atom stereocenters.